The Morgan fingerprint density at radius 1 is 1.59 bits per heavy atom. The molecular weight excluding hydrogens is 218 g/mol. The Labute approximate surface area is 101 Å². The van der Waals surface area contributed by atoms with Crippen molar-refractivity contribution < 1.29 is 9.90 Å². The van der Waals surface area contributed by atoms with Crippen molar-refractivity contribution in [2.75, 3.05) is 0 Å². The predicted octanol–water partition coefficient (Wildman–Crippen LogP) is 2.30. The van der Waals surface area contributed by atoms with Gasteiger partial charge in [0.05, 0.1) is 11.5 Å². The minimum atomic E-state index is -0.958. The quantitative estimate of drug-likeness (QED) is 0.767. The van der Waals surface area contributed by atoms with Gasteiger partial charge in [-0.25, -0.2) is 4.79 Å². The Hall–Kier alpha value is -1.83. The lowest BCUT2D eigenvalue weighted by Crippen LogP contribution is -2.11. The van der Waals surface area contributed by atoms with E-state index in [1.165, 1.54) is 16.9 Å². The molecule has 0 aliphatic heterocycles. The third-order valence-electron chi connectivity index (χ3n) is 2.66. The van der Waals surface area contributed by atoms with Crippen LogP contribution < -0.4 is 0 Å². The SMILES string of the molecule is CC(C)(C#N)CCCCn1nccc1C(=O)O. The molecule has 5 heteroatoms. The summed E-state index contributed by atoms with van der Waals surface area (Å²) in [6.45, 7) is 4.39. The number of nitrogens with zero attached hydrogens (tertiary/aromatic N) is 3. The van der Waals surface area contributed by atoms with Gasteiger partial charge in [-0.3, -0.25) is 4.68 Å². The molecule has 0 atom stereocenters. The highest BCUT2D eigenvalue weighted by atomic mass is 16.4. The van der Waals surface area contributed by atoms with Crippen LogP contribution in [0.25, 0.3) is 0 Å². The van der Waals surface area contributed by atoms with E-state index in [4.69, 9.17) is 10.4 Å². The first kappa shape index (κ1) is 13.2. The van der Waals surface area contributed by atoms with Gasteiger partial charge in [0, 0.05) is 12.7 Å². The van der Waals surface area contributed by atoms with Crippen LogP contribution in [0.4, 0.5) is 0 Å². The summed E-state index contributed by atoms with van der Waals surface area (Å²) < 4.78 is 1.49. The molecule has 0 saturated heterocycles. The minimum Gasteiger partial charge on any atom is -0.477 e. The second kappa shape index (κ2) is 5.48. The van der Waals surface area contributed by atoms with E-state index in [1.54, 1.807) is 0 Å². The molecule has 0 spiro atoms. The summed E-state index contributed by atoms with van der Waals surface area (Å²) in [5, 5.41) is 21.7. The Balaban J connectivity index is 2.40. The van der Waals surface area contributed by atoms with Crippen molar-refractivity contribution in [3.8, 4) is 6.07 Å². The van der Waals surface area contributed by atoms with Crippen LogP contribution in [-0.4, -0.2) is 20.9 Å². The molecule has 0 saturated carbocycles. The Morgan fingerprint density at radius 2 is 2.29 bits per heavy atom. The smallest absolute Gasteiger partial charge is 0.354 e. The fourth-order valence-electron chi connectivity index (χ4n) is 1.58. The molecule has 1 aromatic rings. The van der Waals surface area contributed by atoms with E-state index in [0.29, 0.717) is 6.54 Å². The van der Waals surface area contributed by atoms with E-state index in [1.807, 2.05) is 13.8 Å². The summed E-state index contributed by atoms with van der Waals surface area (Å²) in [6, 6.07) is 3.74. The van der Waals surface area contributed by atoms with Crippen LogP contribution in [0.15, 0.2) is 12.3 Å². The summed E-state index contributed by atoms with van der Waals surface area (Å²) in [4.78, 5) is 10.8. The highest BCUT2D eigenvalue weighted by Crippen LogP contribution is 2.21. The second-order valence-electron chi connectivity index (χ2n) is 4.70. The molecule has 0 fully saturated rings. The molecule has 0 unspecified atom stereocenters. The van der Waals surface area contributed by atoms with Gasteiger partial charge < -0.3 is 5.11 Å². The van der Waals surface area contributed by atoms with E-state index in [9.17, 15) is 4.79 Å². The Bertz CT molecular complexity index is 429. The van der Waals surface area contributed by atoms with E-state index in [-0.39, 0.29) is 11.1 Å². The molecular formula is C12H17N3O2. The van der Waals surface area contributed by atoms with Crippen molar-refractivity contribution in [3.63, 3.8) is 0 Å². The number of rotatable bonds is 6. The topological polar surface area (TPSA) is 78.9 Å². The van der Waals surface area contributed by atoms with Crippen molar-refractivity contribution in [3.05, 3.63) is 18.0 Å². The first-order valence-electron chi connectivity index (χ1n) is 5.62. The number of carbonyl (C=O) groups is 1. The number of aryl methyl sites for hydroxylation is 1. The van der Waals surface area contributed by atoms with Crippen molar-refractivity contribution in [2.45, 2.75) is 39.7 Å². The van der Waals surface area contributed by atoms with E-state index >= 15 is 0 Å². The van der Waals surface area contributed by atoms with Gasteiger partial charge in [-0.1, -0.05) is 6.42 Å². The molecule has 1 heterocycles. The summed E-state index contributed by atoms with van der Waals surface area (Å²) in [5.41, 5.74) is -0.0933. The second-order valence-corrected chi connectivity index (χ2v) is 4.70. The number of carboxylic acids is 1. The zero-order valence-corrected chi connectivity index (χ0v) is 10.2. The highest BCUT2D eigenvalue weighted by molar-refractivity contribution is 5.85. The van der Waals surface area contributed by atoms with Crippen LogP contribution in [-0.2, 0) is 6.54 Å². The maximum Gasteiger partial charge on any atom is 0.354 e. The van der Waals surface area contributed by atoms with Crippen molar-refractivity contribution in [1.29, 1.82) is 5.26 Å². The zero-order valence-electron chi connectivity index (χ0n) is 10.2. The number of hydrogen-bond acceptors (Lipinski definition) is 3. The fraction of sp³-hybridized carbons (Fsp3) is 0.583. The number of nitriles is 1. The number of unbranched alkanes of at least 4 members (excludes halogenated alkanes) is 1. The first-order chi connectivity index (χ1) is 7.96. The van der Waals surface area contributed by atoms with Gasteiger partial charge in [0.25, 0.3) is 0 Å². The standard InChI is InChI=1S/C12H17N3O2/c1-12(2,9-13)6-3-4-8-15-10(11(16)17)5-7-14-15/h5,7H,3-4,6,8H2,1-2H3,(H,16,17). The van der Waals surface area contributed by atoms with Gasteiger partial charge in [0.2, 0.25) is 0 Å². The number of carboxylic acid groups (broad SMARTS) is 1. The summed E-state index contributed by atoms with van der Waals surface area (Å²) >= 11 is 0. The molecule has 0 amide bonds. The summed E-state index contributed by atoms with van der Waals surface area (Å²) in [5.74, 6) is -0.958. The average molecular weight is 235 g/mol. The third-order valence-corrected chi connectivity index (χ3v) is 2.66. The van der Waals surface area contributed by atoms with E-state index in [2.05, 4.69) is 11.2 Å². The van der Waals surface area contributed by atoms with E-state index < -0.39 is 5.97 Å². The van der Waals surface area contributed by atoms with Crippen LogP contribution in [0.3, 0.4) is 0 Å². The molecule has 0 aliphatic carbocycles. The van der Waals surface area contributed by atoms with Crippen LogP contribution >= 0.6 is 0 Å². The molecule has 0 aliphatic rings. The van der Waals surface area contributed by atoms with Gasteiger partial charge in [0.15, 0.2) is 0 Å². The van der Waals surface area contributed by atoms with Crippen LogP contribution in [0.5, 0.6) is 0 Å². The van der Waals surface area contributed by atoms with Crippen molar-refractivity contribution >= 4 is 5.97 Å². The number of aromatic carboxylic acids is 1. The molecule has 0 radical (unpaired) electrons. The normalized spacial score (nSPS) is 11.1. The van der Waals surface area contributed by atoms with Gasteiger partial charge in [-0.15, -0.1) is 0 Å². The summed E-state index contributed by atoms with van der Waals surface area (Å²) in [6.07, 6.45) is 4.02. The number of hydrogen-bond donors (Lipinski definition) is 1. The number of aromatic nitrogens is 2. The van der Waals surface area contributed by atoms with Crippen LogP contribution in [0.2, 0.25) is 0 Å². The lowest BCUT2D eigenvalue weighted by atomic mass is 9.89. The van der Waals surface area contributed by atoms with Gasteiger partial charge in [0.1, 0.15) is 5.69 Å². The lowest BCUT2D eigenvalue weighted by molar-refractivity contribution is 0.0683. The monoisotopic (exact) mass is 235 g/mol. The molecule has 1 N–H and O–H groups in total. The Kier molecular flexibility index (Phi) is 4.27. The molecule has 17 heavy (non-hydrogen) atoms. The molecule has 0 aromatic carbocycles. The zero-order chi connectivity index (χ0) is 12.9. The summed E-state index contributed by atoms with van der Waals surface area (Å²) in [7, 11) is 0. The Morgan fingerprint density at radius 3 is 2.88 bits per heavy atom. The van der Waals surface area contributed by atoms with Crippen molar-refractivity contribution in [2.24, 2.45) is 5.41 Å². The maximum absolute atomic E-state index is 10.8. The van der Waals surface area contributed by atoms with Gasteiger partial charge >= 0.3 is 5.97 Å². The van der Waals surface area contributed by atoms with Crippen molar-refractivity contribution in [1.82, 2.24) is 9.78 Å². The largest absolute Gasteiger partial charge is 0.477 e. The molecule has 0 bridgehead atoms. The molecule has 5 nitrogen and oxygen atoms in total. The average Bonchev–Trinajstić information content (AvgIpc) is 2.73. The van der Waals surface area contributed by atoms with E-state index in [0.717, 1.165) is 19.3 Å². The first-order valence-corrected chi connectivity index (χ1v) is 5.62. The van der Waals surface area contributed by atoms with Gasteiger partial charge in [-0.05, 0) is 32.8 Å². The minimum absolute atomic E-state index is 0.213. The predicted molar refractivity (Wildman–Crippen MR) is 62.4 cm³/mol. The molecule has 92 valence electrons. The van der Waals surface area contributed by atoms with Crippen LogP contribution in [0, 0.1) is 16.7 Å². The van der Waals surface area contributed by atoms with Gasteiger partial charge in [-0.2, -0.15) is 10.4 Å². The highest BCUT2D eigenvalue weighted by Gasteiger charge is 2.16. The third kappa shape index (κ3) is 3.91. The molecule has 1 aromatic heterocycles. The lowest BCUT2D eigenvalue weighted by Gasteiger charge is -2.14. The fourth-order valence-corrected chi connectivity index (χ4v) is 1.58. The molecule has 1 rings (SSSR count). The van der Waals surface area contributed by atoms with Crippen LogP contribution in [0.1, 0.15) is 43.6 Å². The maximum atomic E-state index is 10.8.